The molecule has 0 fully saturated rings. The Bertz CT molecular complexity index is 50.1. The summed E-state index contributed by atoms with van der Waals surface area (Å²) in [5.74, 6) is 0. The lowest BCUT2D eigenvalue weighted by atomic mass is 10.2. The maximum atomic E-state index is 5.47. The summed E-state index contributed by atoms with van der Waals surface area (Å²) in [5.41, 5.74) is 5.47. The Hall–Kier alpha value is -0.300. The molecular formula is C6H13N. The molecule has 0 rings (SSSR count). The summed E-state index contributed by atoms with van der Waals surface area (Å²) in [5, 5.41) is 0. The van der Waals surface area contributed by atoms with Crippen LogP contribution in [-0.2, 0) is 0 Å². The summed E-state index contributed by atoms with van der Waals surface area (Å²) in [4.78, 5) is 0. The number of hydrogen-bond acceptors (Lipinski definition) is 1. The molecule has 1 nitrogen and oxygen atoms in total. The lowest BCUT2D eigenvalue weighted by Crippen LogP contribution is -2.14. The zero-order valence-electron chi connectivity index (χ0n) is 4.85. The maximum Gasteiger partial charge on any atom is 0.0220 e. The Kier molecular flexibility index (Phi) is 3.71. The molecule has 42 valence electrons. The molecule has 0 aliphatic rings. The molecule has 1 heteroatoms. The molecule has 1 atom stereocenters. The van der Waals surface area contributed by atoms with Gasteiger partial charge in [-0.25, -0.2) is 0 Å². The second-order valence-electron chi connectivity index (χ2n) is 1.69. The number of rotatable bonds is 3. The first-order valence-electron chi connectivity index (χ1n) is 2.69. The van der Waals surface area contributed by atoms with Crippen molar-refractivity contribution in [3.8, 4) is 0 Å². The third kappa shape index (κ3) is 3.53. The first-order valence-corrected chi connectivity index (χ1v) is 2.69. The average molecular weight is 99.2 g/mol. The van der Waals surface area contributed by atoms with Crippen molar-refractivity contribution in [1.29, 1.82) is 0 Å². The molecule has 0 bridgehead atoms. The van der Waals surface area contributed by atoms with Gasteiger partial charge in [0, 0.05) is 6.04 Å². The van der Waals surface area contributed by atoms with Crippen molar-refractivity contribution in [1.82, 2.24) is 0 Å². The van der Waals surface area contributed by atoms with Crippen molar-refractivity contribution in [2.45, 2.75) is 25.8 Å². The van der Waals surface area contributed by atoms with E-state index in [2.05, 4.69) is 13.5 Å². The molecule has 0 aromatic rings. The normalized spacial score (nSPS) is 13.4. The summed E-state index contributed by atoms with van der Waals surface area (Å²) in [6.45, 7) is 5.67. The molecule has 2 N–H and O–H groups in total. The molecule has 7 heavy (non-hydrogen) atoms. The maximum absolute atomic E-state index is 5.47. The third-order valence-corrected chi connectivity index (χ3v) is 0.925. The predicted molar refractivity (Wildman–Crippen MR) is 33.1 cm³/mol. The van der Waals surface area contributed by atoms with Gasteiger partial charge in [0.25, 0.3) is 0 Å². The predicted octanol–water partition coefficient (Wildman–Crippen LogP) is 1.30. The zero-order valence-corrected chi connectivity index (χ0v) is 4.85. The Balaban J connectivity index is 2.98. The standard InChI is InChI=1S/C6H13N/c1-3-5-6(7)4-2/h4,6H,2-3,5,7H2,1H3/t6-/m1/s1. The van der Waals surface area contributed by atoms with Crippen LogP contribution in [0, 0.1) is 0 Å². The van der Waals surface area contributed by atoms with E-state index in [4.69, 9.17) is 5.73 Å². The SMILES string of the molecule is C=C[C@@H](N)CCC. The Morgan fingerprint density at radius 3 is 2.57 bits per heavy atom. The van der Waals surface area contributed by atoms with Crippen molar-refractivity contribution in [3.63, 3.8) is 0 Å². The topological polar surface area (TPSA) is 26.0 Å². The number of nitrogens with two attached hydrogens (primary N) is 1. The molecule has 0 aliphatic heterocycles. The van der Waals surface area contributed by atoms with Crippen LogP contribution in [0.4, 0.5) is 0 Å². The first-order chi connectivity index (χ1) is 3.31. The van der Waals surface area contributed by atoms with E-state index in [1.54, 1.807) is 6.08 Å². The van der Waals surface area contributed by atoms with Gasteiger partial charge in [-0.2, -0.15) is 0 Å². The van der Waals surface area contributed by atoms with Gasteiger partial charge in [-0.05, 0) is 6.42 Å². The Morgan fingerprint density at radius 1 is 1.86 bits per heavy atom. The molecule has 0 saturated carbocycles. The lowest BCUT2D eigenvalue weighted by molar-refractivity contribution is 0.705. The second kappa shape index (κ2) is 3.88. The van der Waals surface area contributed by atoms with Crippen LogP contribution >= 0.6 is 0 Å². The third-order valence-electron chi connectivity index (χ3n) is 0.925. The molecule has 0 aromatic carbocycles. The van der Waals surface area contributed by atoms with Gasteiger partial charge >= 0.3 is 0 Å². The minimum absolute atomic E-state index is 0.213. The van der Waals surface area contributed by atoms with Gasteiger partial charge in [0.05, 0.1) is 0 Å². The van der Waals surface area contributed by atoms with Gasteiger partial charge in [0.2, 0.25) is 0 Å². The van der Waals surface area contributed by atoms with E-state index >= 15 is 0 Å². The van der Waals surface area contributed by atoms with Crippen LogP contribution in [0.2, 0.25) is 0 Å². The van der Waals surface area contributed by atoms with Crippen LogP contribution < -0.4 is 5.73 Å². The highest BCUT2D eigenvalue weighted by molar-refractivity contribution is 4.80. The average Bonchev–Trinajstić information content (AvgIpc) is 1.68. The smallest absolute Gasteiger partial charge is 0.0220 e. The van der Waals surface area contributed by atoms with E-state index in [0.717, 1.165) is 12.8 Å². The van der Waals surface area contributed by atoms with Gasteiger partial charge in [-0.15, -0.1) is 6.58 Å². The Labute approximate surface area is 45.2 Å². The first kappa shape index (κ1) is 6.70. The van der Waals surface area contributed by atoms with Crippen LogP contribution in [0.1, 0.15) is 19.8 Å². The fraction of sp³-hybridized carbons (Fsp3) is 0.667. The van der Waals surface area contributed by atoms with Crippen LogP contribution in [0.3, 0.4) is 0 Å². The number of hydrogen-bond donors (Lipinski definition) is 1. The molecule has 0 radical (unpaired) electrons. The van der Waals surface area contributed by atoms with Gasteiger partial charge < -0.3 is 5.73 Å². The molecule has 0 aromatic heterocycles. The van der Waals surface area contributed by atoms with Crippen molar-refractivity contribution in [2.24, 2.45) is 5.73 Å². The van der Waals surface area contributed by atoms with Gasteiger partial charge in [-0.1, -0.05) is 19.4 Å². The summed E-state index contributed by atoms with van der Waals surface area (Å²) in [7, 11) is 0. The highest BCUT2D eigenvalue weighted by atomic mass is 14.6. The van der Waals surface area contributed by atoms with Gasteiger partial charge in [-0.3, -0.25) is 0 Å². The van der Waals surface area contributed by atoms with Crippen molar-refractivity contribution >= 4 is 0 Å². The lowest BCUT2D eigenvalue weighted by Gasteiger charge is -1.99. The quantitative estimate of drug-likeness (QED) is 0.530. The molecule has 0 aliphatic carbocycles. The van der Waals surface area contributed by atoms with E-state index in [1.165, 1.54) is 0 Å². The fourth-order valence-corrected chi connectivity index (χ4v) is 0.451. The summed E-state index contributed by atoms with van der Waals surface area (Å²) < 4.78 is 0. The van der Waals surface area contributed by atoms with E-state index in [9.17, 15) is 0 Å². The van der Waals surface area contributed by atoms with Crippen LogP contribution in [0.25, 0.3) is 0 Å². The van der Waals surface area contributed by atoms with Crippen molar-refractivity contribution in [3.05, 3.63) is 12.7 Å². The highest BCUT2D eigenvalue weighted by Crippen LogP contribution is 1.91. The van der Waals surface area contributed by atoms with Crippen LogP contribution in [0.15, 0.2) is 12.7 Å². The minimum atomic E-state index is 0.213. The summed E-state index contributed by atoms with van der Waals surface area (Å²) in [6, 6.07) is 0.213. The largest absolute Gasteiger partial charge is 0.324 e. The minimum Gasteiger partial charge on any atom is -0.324 e. The second-order valence-corrected chi connectivity index (χ2v) is 1.69. The Morgan fingerprint density at radius 2 is 2.43 bits per heavy atom. The van der Waals surface area contributed by atoms with Gasteiger partial charge in [0.1, 0.15) is 0 Å². The van der Waals surface area contributed by atoms with Crippen LogP contribution in [0.5, 0.6) is 0 Å². The van der Waals surface area contributed by atoms with E-state index in [0.29, 0.717) is 0 Å². The van der Waals surface area contributed by atoms with Gasteiger partial charge in [0.15, 0.2) is 0 Å². The van der Waals surface area contributed by atoms with E-state index in [1.807, 2.05) is 0 Å². The van der Waals surface area contributed by atoms with Crippen molar-refractivity contribution in [2.75, 3.05) is 0 Å². The fourth-order valence-electron chi connectivity index (χ4n) is 0.451. The van der Waals surface area contributed by atoms with E-state index < -0.39 is 0 Å². The van der Waals surface area contributed by atoms with Crippen molar-refractivity contribution < 1.29 is 0 Å². The van der Waals surface area contributed by atoms with E-state index in [-0.39, 0.29) is 6.04 Å². The molecule has 0 spiro atoms. The monoisotopic (exact) mass is 99.1 g/mol. The molecule has 0 saturated heterocycles. The molecular weight excluding hydrogens is 86.1 g/mol. The highest BCUT2D eigenvalue weighted by Gasteiger charge is 1.89. The molecule has 0 heterocycles. The molecule has 0 amide bonds. The zero-order chi connectivity index (χ0) is 5.70. The summed E-state index contributed by atoms with van der Waals surface area (Å²) >= 11 is 0. The van der Waals surface area contributed by atoms with Crippen LogP contribution in [-0.4, -0.2) is 6.04 Å². The molecule has 0 unspecified atom stereocenters. The summed E-state index contributed by atoms with van der Waals surface area (Å²) in [6.07, 6.45) is 3.99.